The maximum absolute atomic E-state index is 12.1. The summed E-state index contributed by atoms with van der Waals surface area (Å²) in [6, 6.07) is 0.446. The van der Waals surface area contributed by atoms with Crippen LogP contribution in [-0.4, -0.2) is 48.5 Å². The zero-order chi connectivity index (χ0) is 11.9. The molecule has 1 saturated carbocycles. The van der Waals surface area contributed by atoms with Gasteiger partial charge in [0.2, 0.25) is 0 Å². The Bertz CT molecular complexity index is 364. The number of likely N-dealkylation sites (tertiary alicyclic amines) is 1. The van der Waals surface area contributed by atoms with Gasteiger partial charge in [-0.05, 0) is 45.7 Å². The number of nitrogens with one attached hydrogen (secondary N) is 2. The number of guanidine groups is 1. The van der Waals surface area contributed by atoms with Crippen LogP contribution in [0.1, 0.15) is 32.1 Å². The summed E-state index contributed by atoms with van der Waals surface area (Å²) in [6.45, 7) is 2.04. The highest BCUT2D eigenvalue weighted by Crippen LogP contribution is 2.27. The molecule has 3 aliphatic rings. The number of hydrogen-bond acceptors (Lipinski definition) is 3. The van der Waals surface area contributed by atoms with Crippen molar-refractivity contribution in [2.75, 3.05) is 20.1 Å². The van der Waals surface area contributed by atoms with E-state index in [0.717, 1.165) is 45.2 Å². The van der Waals surface area contributed by atoms with E-state index in [1.807, 2.05) is 0 Å². The Balaban J connectivity index is 1.75. The molecule has 1 spiro atoms. The first-order valence-electron chi connectivity index (χ1n) is 6.54. The van der Waals surface area contributed by atoms with Crippen LogP contribution in [-0.2, 0) is 4.79 Å². The first kappa shape index (κ1) is 11.0. The molecule has 0 aromatic carbocycles. The second kappa shape index (κ2) is 3.98. The number of rotatable bonds is 1. The van der Waals surface area contributed by atoms with Crippen LogP contribution in [0.4, 0.5) is 0 Å². The van der Waals surface area contributed by atoms with E-state index in [9.17, 15) is 4.79 Å². The molecule has 5 nitrogen and oxygen atoms in total. The van der Waals surface area contributed by atoms with Crippen LogP contribution in [0, 0.1) is 0 Å². The Morgan fingerprint density at radius 3 is 2.94 bits per heavy atom. The van der Waals surface area contributed by atoms with E-state index in [-0.39, 0.29) is 5.91 Å². The van der Waals surface area contributed by atoms with E-state index >= 15 is 0 Å². The third-order valence-electron chi connectivity index (χ3n) is 3.95. The van der Waals surface area contributed by atoms with Gasteiger partial charge in [-0.15, -0.1) is 0 Å². The Kier molecular flexibility index (Phi) is 2.58. The lowest BCUT2D eigenvalue weighted by molar-refractivity contribution is -0.124. The highest BCUT2D eigenvalue weighted by atomic mass is 16.2. The van der Waals surface area contributed by atoms with Crippen molar-refractivity contribution in [3.8, 4) is 0 Å². The van der Waals surface area contributed by atoms with E-state index in [1.54, 1.807) is 0 Å². The molecule has 5 heteroatoms. The summed E-state index contributed by atoms with van der Waals surface area (Å²) >= 11 is 0. The predicted molar refractivity (Wildman–Crippen MR) is 65.8 cm³/mol. The average molecular weight is 236 g/mol. The third kappa shape index (κ3) is 2.16. The van der Waals surface area contributed by atoms with Crippen LogP contribution >= 0.6 is 0 Å². The SMILES string of the molecule is CN1CCCC2(CC1)NC(=NC1CC1)NC2=O. The maximum Gasteiger partial charge on any atom is 0.252 e. The van der Waals surface area contributed by atoms with E-state index < -0.39 is 5.54 Å². The smallest absolute Gasteiger partial charge is 0.252 e. The Labute approximate surface area is 102 Å². The fraction of sp³-hybridized carbons (Fsp3) is 0.833. The number of amides is 1. The third-order valence-corrected chi connectivity index (χ3v) is 3.95. The van der Waals surface area contributed by atoms with E-state index in [4.69, 9.17) is 0 Å². The summed E-state index contributed by atoms with van der Waals surface area (Å²) in [6.07, 6.45) is 5.17. The summed E-state index contributed by atoms with van der Waals surface area (Å²) in [7, 11) is 2.12. The van der Waals surface area contributed by atoms with Crippen LogP contribution in [0.25, 0.3) is 0 Å². The molecule has 3 fully saturated rings. The molecule has 1 amide bonds. The lowest BCUT2D eigenvalue weighted by Crippen LogP contribution is -2.47. The molecule has 1 unspecified atom stereocenters. The first-order valence-corrected chi connectivity index (χ1v) is 6.54. The van der Waals surface area contributed by atoms with Crippen molar-refractivity contribution in [3.63, 3.8) is 0 Å². The fourth-order valence-corrected chi connectivity index (χ4v) is 2.61. The van der Waals surface area contributed by atoms with Crippen molar-refractivity contribution in [1.29, 1.82) is 0 Å². The Hall–Kier alpha value is -1.10. The van der Waals surface area contributed by atoms with Gasteiger partial charge in [-0.2, -0.15) is 0 Å². The molecule has 17 heavy (non-hydrogen) atoms. The minimum atomic E-state index is -0.390. The van der Waals surface area contributed by atoms with Crippen LogP contribution in [0.3, 0.4) is 0 Å². The minimum absolute atomic E-state index is 0.118. The van der Waals surface area contributed by atoms with Gasteiger partial charge in [0.1, 0.15) is 5.54 Å². The van der Waals surface area contributed by atoms with Crippen molar-refractivity contribution in [1.82, 2.24) is 15.5 Å². The summed E-state index contributed by atoms with van der Waals surface area (Å²) in [5.74, 6) is 0.828. The van der Waals surface area contributed by atoms with Gasteiger partial charge in [0.25, 0.3) is 5.91 Å². The van der Waals surface area contributed by atoms with E-state index in [1.165, 1.54) is 0 Å². The summed E-state index contributed by atoms with van der Waals surface area (Å²) < 4.78 is 0. The number of aliphatic imine (C=N–C) groups is 1. The zero-order valence-electron chi connectivity index (χ0n) is 10.3. The standard InChI is InChI=1S/C12H20N4O/c1-16-7-2-5-12(6-8-16)10(17)14-11(15-12)13-9-3-4-9/h9H,2-8H2,1H3,(H2,13,14,15,17). The highest BCUT2D eigenvalue weighted by molar-refractivity contribution is 6.09. The molecule has 3 rings (SSSR count). The van der Waals surface area contributed by atoms with E-state index in [0.29, 0.717) is 12.0 Å². The summed E-state index contributed by atoms with van der Waals surface area (Å²) in [5, 5.41) is 6.26. The molecule has 0 bridgehead atoms. The number of carbonyl (C=O) groups excluding carboxylic acids is 1. The molecule has 2 N–H and O–H groups in total. The van der Waals surface area contributed by atoms with Crippen LogP contribution < -0.4 is 10.6 Å². The zero-order valence-corrected chi connectivity index (χ0v) is 10.3. The summed E-state index contributed by atoms with van der Waals surface area (Å²) in [4.78, 5) is 18.9. The molecule has 1 atom stereocenters. The van der Waals surface area contributed by atoms with Gasteiger partial charge in [0, 0.05) is 6.54 Å². The predicted octanol–water partition coefficient (Wildman–Crippen LogP) is 0.0787. The molecule has 0 radical (unpaired) electrons. The van der Waals surface area contributed by atoms with Crippen LogP contribution in [0.5, 0.6) is 0 Å². The van der Waals surface area contributed by atoms with Crippen molar-refractivity contribution < 1.29 is 4.79 Å². The molecular formula is C12H20N4O. The molecule has 94 valence electrons. The van der Waals surface area contributed by atoms with Gasteiger partial charge in [0.15, 0.2) is 5.96 Å². The van der Waals surface area contributed by atoms with Crippen molar-refractivity contribution in [3.05, 3.63) is 0 Å². The second-order valence-electron chi connectivity index (χ2n) is 5.53. The maximum atomic E-state index is 12.1. The molecular weight excluding hydrogens is 216 g/mol. The number of hydrogen-bond donors (Lipinski definition) is 2. The van der Waals surface area contributed by atoms with Gasteiger partial charge >= 0.3 is 0 Å². The molecule has 2 saturated heterocycles. The van der Waals surface area contributed by atoms with Gasteiger partial charge in [0.05, 0.1) is 6.04 Å². The first-order chi connectivity index (χ1) is 8.18. The molecule has 2 heterocycles. The topological polar surface area (TPSA) is 56.7 Å². The average Bonchev–Trinajstić information content (AvgIpc) is 3.04. The lowest BCUT2D eigenvalue weighted by Gasteiger charge is -2.24. The van der Waals surface area contributed by atoms with Gasteiger partial charge in [-0.1, -0.05) is 0 Å². The summed E-state index contributed by atoms with van der Waals surface area (Å²) in [5.41, 5.74) is -0.390. The fourth-order valence-electron chi connectivity index (χ4n) is 2.61. The molecule has 0 aromatic rings. The molecule has 1 aliphatic carbocycles. The quantitative estimate of drug-likeness (QED) is 0.678. The van der Waals surface area contributed by atoms with Crippen LogP contribution in [0.15, 0.2) is 4.99 Å². The van der Waals surface area contributed by atoms with Crippen LogP contribution in [0.2, 0.25) is 0 Å². The Morgan fingerprint density at radius 1 is 1.35 bits per heavy atom. The minimum Gasteiger partial charge on any atom is -0.342 e. The van der Waals surface area contributed by atoms with Gasteiger partial charge in [-0.3, -0.25) is 10.1 Å². The Morgan fingerprint density at radius 2 is 2.18 bits per heavy atom. The molecule has 0 aromatic heterocycles. The largest absolute Gasteiger partial charge is 0.342 e. The van der Waals surface area contributed by atoms with Crippen molar-refractivity contribution in [2.45, 2.75) is 43.7 Å². The van der Waals surface area contributed by atoms with Gasteiger partial charge < -0.3 is 10.2 Å². The highest BCUT2D eigenvalue weighted by Gasteiger charge is 2.45. The number of nitrogens with zero attached hydrogens (tertiary/aromatic N) is 2. The van der Waals surface area contributed by atoms with Crippen molar-refractivity contribution in [2.24, 2.45) is 4.99 Å². The second-order valence-corrected chi connectivity index (χ2v) is 5.53. The van der Waals surface area contributed by atoms with E-state index in [2.05, 4.69) is 27.6 Å². The monoisotopic (exact) mass is 236 g/mol. The number of carbonyl (C=O) groups is 1. The lowest BCUT2D eigenvalue weighted by atomic mass is 9.91. The van der Waals surface area contributed by atoms with Crippen molar-refractivity contribution >= 4 is 11.9 Å². The van der Waals surface area contributed by atoms with Gasteiger partial charge in [-0.25, -0.2) is 4.99 Å². The molecule has 2 aliphatic heterocycles. The normalized spacial score (nSPS) is 37.0.